The summed E-state index contributed by atoms with van der Waals surface area (Å²) < 4.78 is 0. The van der Waals surface area contributed by atoms with E-state index in [1.165, 1.54) is 7.05 Å². The number of hydroxylamine groups is 1. The lowest BCUT2D eigenvalue weighted by molar-refractivity contribution is -1.46. The van der Waals surface area contributed by atoms with E-state index in [2.05, 4.69) is 0 Å². The predicted molar refractivity (Wildman–Crippen MR) is 30.7 cm³/mol. The maximum atomic E-state index is 10.6. The molecule has 0 aliphatic heterocycles. The summed E-state index contributed by atoms with van der Waals surface area (Å²) >= 11 is 0. The zero-order chi connectivity index (χ0) is 6.73. The van der Waals surface area contributed by atoms with Gasteiger partial charge in [-0.1, -0.05) is 0 Å². The summed E-state index contributed by atoms with van der Waals surface area (Å²) in [5, 5.41) is 10.7. The van der Waals surface area contributed by atoms with Crippen molar-refractivity contribution < 1.29 is 10.3 Å². The SMILES string of the molecule is CC(C)[NH+]([O-])[NH+](C)[NH-]. The molecule has 3 N–H and O–H groups in total. The largest absolute Gasteiger partial charge is 0.584 e. The zero-order valence-electron chi connectivity index (χ0n) is 5.49. The van der Waals surface area contributed by atoms with Crippen molar-refractivity contribution in [2.45, 2.75) is 19.9 Å². The zero-order valence-corrected chi connectivity index (χ0v) is 5.49. The molecular weight excluding hydrogens is 106 g/mol. The van der Waals surface area contributed by atoms with Crippen LogP contribution in [0.4, 0.5) is 0 Å². The summed E-state index contributed by atoms with van der Waals surface area (Å²) in [6, 6.07) is -0.0208. The first-order valence-corrected chi connectivity index (χ1v) is 2.65. The van der Waals surface area contributed by atoms with Crippen molar-refractivity contribution in [1.29, 1.82) is 0 Å². The van der Waals surface area contributed by atoms with Gasteiger partial charge in [0, 0.05) is 0 Å². The smallest absolute Gasteiger partial charge is 0.124 e. The summed E-state index contributed by atoms with van der Waals surface area (Å²) in [7, 11) is 1.52. The van der Waals surface area contributed by atoms with E-state index in [0.717, 1.165) is 0 Å². The molecule has 2 atom stereocenters. The molecule has 0 aromatic carbocycles. The molecule has 0 fully saturated rings. The normalized spacial score (nSPS) is 18.8. The molecule has 0 saturated carbocycles. The Balaban J connectivity index is 3.46. The topological polar surface area (TPSA) is 55.7 Å². The van der Waals surface area contributed by atoms with Gasteiger partial charge < -0.3 is 11.0 Å². The van der Waals surface area contributed by atoms with Gasteiger partial charge in [-0.15, -0.1) is 0 Å². The minimum Gasteiger partial charge on any atom is -0.584 e. The number of quaternary nitrogens is 2. The van der Waals surface area contributed by atoms with Crippen LogP contribution in [-0.4, -0.2) is 13.1 Å². The molecule has 0 saturated heterocycles. The second-order valence-corrected chi connectivity index (χ2v) is 2.14. The molecule has 0 aliphatic carbocycles. The summed E-state index contributed by atoms with van der Waals surface area (Å²) in [4.78, 5) is 0. The molecule has 0 amide bonds. The van der Waals surface area contributed by atoms with Crippen molar-refractivity contribution >= 4 is 0 Å². The Kier molecular flexibility index (Phi) is 2.93. The maximum absolute atomic E-state index is 10.6. The third kappa shape index (κ3) is 2.23. The first-order chi connectivity index (χ1) is 3.55. The molecule has 8 heavy (non-hydrogen) atoms. The monoisotopic (exact) mass is 119 g/mol. The standard InChI is InChI=1S/C4H13N3O/c1-4(2)7(8)6(3)5/h4-7H,1-3H3. The Morgan fingerprint density at radius 1 is 1.50 bits per heavy atom. The summed E-state index contributed by atoms with van der Waals surface area (Å²) in [5.41, 5.74) is 0. The van der Waals surface area contributed by atoms with Crippen LogP contribution in [0.5, 0.6) is 0 Å². The van der Waals surface area contributed by atoms with E-state index in [9.17, 15) is 5.21 Å². The van der Waals surface area contributed by atoms with E-state index in [0.29, 0.717) is 0 Å². The van der Waals surface area contributed by atoms with E-state index in [4.69, 9.17) is 5.84 Å². The molecule has 0 aliphatic rings. The fourth-order valence-corrected chi connectivity index (χ4v) is 0.433. The number of nitrogens with one attached hydrogen (secondary N) is 3. The first-order valence-electron chi connectivity index (χ1n) is 2.65. The van der Waals surface area contributed by atoms with Gasteiger partial charge >= 0.3 is 0 Å². The van der Waals surface area contributed by atoms with Crippen LogP contribution in [0.3, 0.4) is 0 Å². The Morgan fingerprint density at radius 3 is 1.88 bits per heavy atom. The fourth-order valence-electron chi connectivity index (χ4n) is 0.433. The molecule has 0 aromatic rings. The van der Waals surface area contributed by atoms with Gasteiger partial charge in [-0.2, -0.15) is 0 Å². The highest BCUT2D eigenvalue weighted by molar-refractivity contribution is 4.25. The summed E-state index contributed by atoms with van der Waals surface area (Å²) in [5.74, 6) is 6.88. The molecule has 0 bridgehead atoms. The summed E-state index contributed by atoms with van der Waals surface area (Å²) in [6.45, 7) is 3.58. The van der Waals surface area contributed by atoms with Crippen LogP contribution in [-0.2, 0) is 0 Å². The van der Waals surface area contributed by atoms with Gasteiger partial charge in [0.15, 0.2) is 0 Å². The molecule has 4 nitrogen and oxygen atoms in total. The highest BCUT2D eigenvalue weighted by Crippen LogP contribution is 1.59. The molecule has 50 valence electrons. The fraction of sp³-hybridized carbons (Fsp3) is 1.00. The van der Waals surface area contributed by atoms with Gasteiger partial charge in [0.25, 0.3) is 0 Å². The second-order valence-electron chi connectivity index (χ2n) is 2.14. The molecule has 0 spiro atoms. The van der Waals surface area contributed by atoms with Crippen molar-refractivity contribution in [2.75, 3.05) is 7.05 Å². The Morgan fingerprint density at radius 2 is 1.88 bits per heavy atom. The van der Waals surface area contributed by atoms with E-state index >= 15 is 0 Å². The van der Waals surface area contributed by atoms with Crippen molar-refractivity contribution in [3.05, 3.63) is 11.0 Å². The summed E-state index contributed by atoms with van der Waals surface area (Å²) in [6.07, 6.45) is 0. The highest BCUT2D eigenvalue weighted by atomic mass is 16.6. The van der Waals surface area contributed by atoms with Crippen molar-refractivity contribution in [3.8, 4) is 0 Å². The van der Waals surface area contributed by atoms with Crippen LogP contribution in [0.1, 0.15) is 13.8 Å². The lowest BCUT2D eigenvalue weighted by Crippen LogP contribution is -3.55. The van der Waals surface area contributed by atoms with Crippen LogP contribution >= 0.6 is 0 Å². The maximum Gasteiger partial charge on any atom is 0.124 e. The van der Waals surface area contributed by atoms with Crippen LogP contribution in [0.25, 0.3) is 5.84 Å². The van der Waals surface area contributed by atoms with Gasteiger partial charge in [-0.25, -0.2) is 5.17 Å². The van der Waals surface area contributed by atoms with Crippen LogP contribution in [0, 0.1) is 5.21 Å². The van der Waals surface area contributed by atoms with E-state index in [-0.39, 0.29) is 16.3 Å². The van der Waals surface area contributed by atoms with Crippen LogP contribution in [0.2, 0.25) is 0 Å². The van der Waals surface area contributed by atoms with Crippen molar-refractivity contribution in [1.82, 2.24) is 0 Å². The van der Waals surface area contributed by atoms with E-state index in [1.807, 2.05) is 0 Å². The molecule has 0 aromatic heterocycles. The molecule has 0 radical (unpaired) electrons. The van der Waals surface area contributed by atoms with Gasteiger partial charge in [0.05, 0.1) is 0 Å². The van der Waals surface area contributed by atoms with Gasteiger partial charge in [0.2, 0.25) is 0 Å². The van der Waals surface area contributed by atoms with Gasteiger partial charge in [0.1, 0.15) is 13.1 Å². The average molecular weight is 119 g/mol. The van der Waals surface area contributed by atoms with E-state index < -0.39 is 0 Å². The molecule has 0 rings (SSSR count). The average Bonchev–Trinajstić information content (AvgIpc) is 1.64. The first kappa shape index (κ1) is 7.84. The number of rotatable bonds is 2. The lowest BCUT2D eigenvalue weighted by Gasteiger charge is -2.32. The van der Waals surface area contributed by atoms with Gasteiger partial charge in [-0.3, -0.25) is 5.12 Å². The third-order valence-corrected chi connectivity index (χ3v) is 0.894. The Hall–Kier alpha value is -0.160. The number of hydrogen-bond donors (Lipinski definition) is 2. The van der Waals surface area contributed by atoms with Crippen LogP contribution in [0.15, 0.2) is 0 Å². The Bertz CT molecular complexity index is 56.3. The second kappa shape index (κ2) is 2.99. The van der Waals surface area contributed by atoms with Crippen LogP contribution < -0.4 is 10.3 Å². The third-order valence-electron chi connectivity index (χ3n) is 0.894. The quantitative estimate of drug-likeness (QED) is 0.413. The molecule has 4 heteroatoms. The van der Waals surface area contributed by atoms with Gasteiger partial charge in [-0.05, 0) is 13.8 Å². The molecular formula is C4H13N3O. The predicted octanol–water partition coefficient (Wildman–Crippen LogP) is -1.83. The molecule has 0 heterocycles. The van der Waals surface area contributed by atoms with Crippen molar-refractivity contribution in [2.24, 2.45) is 0 Å². The minimum atomic E-state index is -0.0648. The molecule has 2 unspecified atom stereocenters. The Labute approximate surface area is 49.4 Å². The van der Waals surface area contributed by atoms with Crippen molar-refractivity contribution in [3.63, 3.8) is 0 Å². The lowest BCUT2D eigenvalue weighted by atomic mass is 10.4. The van der Waals surface area contributed by atoms with E-state index in [1.54, 1.807) is 13.8 Å². The highest BCUT2D eigenvalue weighted by Gasteiger charge is 2.02. The minimum absolute atomic E-state index is 0.0208. The number of hydrogen-bond acceptors (Lipinski definition) is 1.